The fourth-order valence-electron chi connectivity index (χ4n) is 8.74. The number of hydrogen-bond donors (Lipinski definition) is 0. The first kappa shape index (κ1) is 25.9. The lowest BCUT2D eigenvalue weighted by Crippen LogP contribution is -1.94. The summed E-state index contributed by atoms with van der Waals surface area (Å²) < 4.78 is 2.40. The van der Waals surface area contributed by atoms with Crippen molar-refractivity contribution in [3.63, 3.8) is 0 Å². The second-order valence-electron chi connectivity index (χ2n) is 13.3. The van der Waals surface area contributed by atoms with Crippen LogP contribution in [-0.2, 0) is 6.54 Å². The molecule has 222 valence electrons. The van der Waals surface area contributed by atoms with Gasteiger partial charge in [0.25, 0.3) is 0 Å². The van der Waals surface area contributed by atoms with Crippen molar-refractivity contribution >= 4 is 86.4 Å². The fourth-order valence-corrected chi connectivity index (χ4v) is 8.74. The molecule has 1 heterocycles. The van der Waals surface area contributed by atoms with E-state index in [2.05, 4.69) is 157 Å². The summed E-state index contributed by atoms with van der Waals surface area (Å²) in [6.45, 7) is 4.87. The van der Waals surface area contributed by atoms with Gasteiger partial charge in [0, 0.05) is 28.4 Å². The summed E-state index contributed by atoms with van der Waals surface area (Å²) in [5.41, 5.74) is 7.50. The van der Waals surface area contributed by atoms with E-state index >= 15 is 0 Å². The Hall–Kier alpha value is -6.18. The minimum absolute atomic E-state index is 0.760. The summed E-state index contributed by atoms with van der Waals surface area (Å²) in [5.74, 6) is 0. The van der Waals surface area contributed by atoms with Crippen LogP contribution in [0.25, 0.3) is 109 Å². The Labute approximate surface area is 277 Å². The van der Waals surface area contributed by atoms with Crippen LogP contribution < -0.4 is 0 Å². The van der Waals surface area contributed by atoms with Crippen molar-refractivity contribution < 1.29 is 0 Å². The monoisotopic (exact) mass is 607 g/mol. The van der Waals surface area contributed by atoms with Crippen LogP contribution in [0, 0.1) is 0 Å². The molecule has 0 spiro atoms. The second-order valence-corrected chi connectivity index (χ2v) is 13.3. The van der Waals surface area contributed by atoms with Gasteiger partial charge in [-0.2, -0.15) is 0 Å². The summed E-state index contributed by atoms with van der Waals surface area (Å²) in [7, 11) is 0. The molecule has 0 atom stereocenters. The lowest BCUT2D eigenvalue weighted by Gasteiger charge is -2.14. The molecule has 11 rings (SSSR count). The van der Waals surface area contributed by atoms with Crippen LogP contribution >= 0.6 is 0 Å². The van der Waals surface area contributed by atoms with Gasteiger partial charge < -0.3 is 4.57 Å². The standard InChI is InChI=1S/C47H29N/c1-2-25-48-42-23-17-34(36-19-13-32-11-9-28-5-3-7-30-15-21-38(36)46(32)44(28)30)26-40(42)41-27-35(18-24-43(41)48)37-20-14-33-12-10-29-6-4-8-31-16-22-39(37)47(33)45(29)31/h2-24,26-27H,1,25H2. The first-order valence-corrected chi connectivity index (χ1v) is 16.8. The Kier molecular flexibility index (Phi) is 5.10. The Morgan fingerprint density at radius 3 is 1.23 bits per heavy atom. The highest BCUT2D eigenvalue weighted by Gasteiger charge is 2.17. The number of aromatic nitrogens is 1. The van der Waals surface area contributed by atoms with E-state index in [9.17, 15) is 0 Å². The normalized spacial score (nSPS) is 12.3. The molecule has 0 aliphatic heterocycles. The van der Waals surface area contributed by atoms with Gasteiger partial charge in [-0.05, 0) is 111 Å². The summed E-state index contributed by atoms with van der Waals surface area (Å²) in [5, 5.41) is 18.4. The third-order valence-electron chi connectivity index (χ3n) is 10.9. The maximum absolute atomic E-state index is 4.11. The number of allylic oxidation sites excluding steroid dienone is 1. The van der Waals surface area contributed by atoms with E-state index in [0.29, 0.717) is 0 Å². The average molecular weight is 608 g/mol. The fraction of sp³-hybridized carbons (Fsp3) is 0.0213. The summed E-state index contributed by atoms with van der Waals surface area (Å²) in [6.07, 6.45) is 2.00. The van der Waals surface area contributed by atoms with Gasteiger partial charge in [-0.25, -0.2) is 0 Å². The molecular weight excluding hydrogens is 579 g/mol. The van der Waals surface area contributed by atoms with E-state index in [4.69, 9.17) is 0 Å². The Bertz CT molecular complexity index is 2860. The molecule has 0 radical (unpaired) electrons. The summed E-state index contributed by atoms with van der Waals surface area (Å²) in [6, 6.07) is 54.7. The SMILES string of the molecule is C=CCn1c2ccc(-c3ccc4ccc5cccc6ccc3c4c56)cc2c2cc(-c3ccc4ccc5cccc6ccc3c4c56)ccc21. The zero-order valence-corrected chi connectivity index (χ0v) is 26.3. The van der Waals surface area contributed by atoms with E-state index < -0.39 is 0 Å². The van der Waals surface area contributed by atoms with E-state index in [1.807, 2.05) is 6.08 Å². The second kappa shape index (κ2) is 9.44. The number of rotatable bonds is 4. The van der Waals surface area contributed by atoms with Gasteiger partial charge in [0.15, 0.2) is 0 Å². The molecule has 10 aromatic carbocycles. The summed E-state index contributed by atoms with van der Waals surface area (Å²) in [4.78, 5) is 0. The van der Waals surface area contributed by atoms with Gasteiger partial charge in [-0.15, -0.1) is 6.58 Å². The lowest BCUT2D eigenvalue weighted by atomic mass is 9.89. The minimum Gasteiger partial charge on any atom is -0.337 e. The molecule has 0 aliphatic rings. The predicted molar refractivity (Wildman–Crippen MR) is 208 cm³/mol. The van der Waals surface area contributed by atoms with Crippen molar-refractivity contribution in [2.24, 2.45) is 0 Å². The highest BCUT2D eigenvalue weighted by atomic mass is 15.0. The molecule has 0 fully saturated rings. The van der Waals surface area contributed by atoms with Gasteiger partial charge in [0.05, 0.1) is 0 Å². The van der Waals surface area contributed by atoms with Crippen molar-refractivity contribution in [1.29, 1.82) is 0 Å². The molecule has 1 nitrogen and oxygen atoms in total. The Balaban J connectivity index is 1.17. The van der Waals surface area contributed by atoms with Gasteiger partial charge in [0.2, 0.25) is 0 Å². The molecular formula is C47H29N. The molecule has 0 amide bonds. The molecule has 0 saturated carbocycles. The average Bonchev–Trinajstić information content (AvgIpc) is 3.44. The molecule has 11 aromatic rings. The van der Waals surface area contributed by atoms with Crippen LogP contribution in [0.2, 0.25) is 0 Å². The predicted octanol–water partition coefficient (Wildman–Crippen LogP) is 13.1. The molecule has 0 saturated heterocycles. The Morgan fingerprint density at radius 1 is 0.396 bits per heavy atom. The molecule has 0 N–H and O–H groups in total. The van der Waals surface area contributed by atoms with E-state index in [0.717, 1.165) is 6.54 Å². The quantitative estimate of drug-likeness (QED) is 0.139. The summed E-state index contributed by atoms with van der Waals surface area (Å²) >= 11 is 0. The van der Waals surface area contributed by atoms with Crippen molar-refractivity contribution in [2.75, 3.05) is 0 Å². The molecule has 1 aromatic heterocycles. The van der Waals surface area contributed by atoms with Crippen molar-refractivity contribution in [2.45, 2.75) is 6.54 Å². The maximum atomic E-state index is 4.11. The van der Waals surface area contributed by atoms with Crippen LogP contribution in [-0.4, -0.2) is 4.57 Å². The zero-order chi connectivity index (χ0) is 31.5. The zero-order valence-electron chi connectivity index (χ0n) is 26.3. The number of nitrogens with zero attached hydrogens (tertiary/aromatic N) is 1. The minimum atomic E-state index is 0.760. The highest BCUT2D eigenvalue weighted by Crippen LogP contribution is 2.43. The molecule has 0 aliphatic carbocycles. The third-order valence-corrected chi connectivity index (χ3v) is 10.9. The largest absolute Gasteiger partial charge is 0.337 e. The highest BCUT2D eigenvalue weighted by molar-refractivity contribution is 6.27. The van der Waals surface area contributed by atoms with Gasteiger partial charge in [-0.1, -0.05) is 127 Å². The van der Waals surface area contributed by atoms with E-state index in [1.165, 1.54) is 109 Å². The van der Waals surface area contributed by atoms with Crippen LogP contribution in [0.3, 0.4) is 0 Å². The molecule has 0 unspecified atom stereocenters. The van der Waals surface area contributed by atoms with E-state index in [-0.39, 0.29) is 0 Å². The first-order valence-electron chi connectivity index (χ1n) is 16.8. The lowest BCUT2D eigenvalue weighted by molar-refractivity contribution is 0.901. The molecule has 0 bridgehead atoms. The van der Waals surface area contributed by atoms with Crippen LogP contribution in [0.15, 0.2) is 158 Å². The van der Waals surface area contributed by atoms with Gasteiger partial charge >= 0.3 is 0 Å². The number of fused-ring (bicyclic) bond motifs is 3. The molecule has 48 heavy (non-hydrogen) atoms. The maximum Gasteiger partial charge on any atom is 0.0494 e. The topological polar surface area (TPSA) is 4.93 Å². The van der Waals surface area contributed by atoms with Crippen molar-refractivity contribution in [1.82, 2.24) is 4.57 Å². The van der Waals surface area contributed by atoms with Crippen LogP contribution in [0.1, 0.15) is 0 Å². The molecule has 1 heteroatoms. The van der Waals surface area contributed by atoms with Gasteiger partial charge in [-0.3, -0.25) is 0 Å². The van der Waals surface area contributed by atoms with Crippen LogP contribution in [0.4, 0.5) is 0 Å². The first-order chi connectivity index (χ1) is 23.7. The van der Waals surface area contributed by atoms with E-state index in [1.54, 1.807) is 0 Å². The Morgan fingerprint density at radius 2 is 0.792 bits per heavy atom. The number of benzene rings is 10. The van der Waals surface area contributed by atoms with Gasteiger partial charge in [0.1, 0.15) is 0 Å². The third kappa shape index (κ3) is 3.40. The van der Waals surface area contributed by atoms with Crippen molar-refractivity contribution in [3.8, 4) is 22.3 Å². The smallest absolute Gasteiger partial charge is 0.0494 e. The van der Waals surface area contributed by atoms with Crippen molar-refractivity contribution in [3.05, 3.63) is 158 Å². The van der Waals surface area contributed by atoms with Crippen LogP contribution in [0.5, 0.6) is 0 Å². The number of hydrogen-bond acceptors (Lipinski definition) is 0.